The molecule has 1 fully saturated rings. The second kappa shape index (κ2) is 12.1. The summed E-state index contributed by atoms with van der Waals surface area (Å²) in [7, 11) is 3.19. The first-order chi connectivity index (χ1) is 19.5. The Morgan fingerprint density at radius 3 is 2.20 bits per heavy atom. The molecule has 7 heteroatoms. The molecule has 3 aromatic rings. The number of carbonyl (C=O) groups is 2. The van der Waals surface area contributed by atoms with Gasteiger partial charge in [0.25, 0.3) is 11.8 Å². The van der Waals surface area contributed by atoms with E-state index in [9.17, 15) is 9.59 Å². The van der Waals surface area contributed by atoms with E-state index in [4.69, 9.17) is 9.47 Å². The van der Waals surface area contributed by atoms with Gasteiger partial charge >= 0.3 is 0 Å². The van der Waals surface area contributed by atoms with Crippen LogP contribution in [-0.4, -0.2) is 62.0 Å². The highest BCUT2D eigenvalue weighted by molar-refractivity contribution is 6.24. The number of imide groups is 1. The molecule has 0 radical (unpaired) electrons. The van der Waals surface area contributed by atoms with E-state index < -0.39 is 0 Å². The molecule has 0 spiro atoms. The number of benzene rings is 3. The monoisotopic (exact) mass is 541 g/mol. The second-order valence-electron chi connectivity index (χ2n) is 10.6. The Hall–Kier alpha value is -3.84. The van der Waals surface area contributed by atoms with E-state index in [1.165, 1.54) is 10.5 Å². The van der Waals surface area contributed by atoms with Crippen LogP contribution in [0.5, 0.6) is 11.5 Å². The number of hydrogen-bond donors (Lipinski definition) is 0. The van der Waals surface area contributed by atoms with Crippen molar-refractivity contribution in [2.75, 3.05) is 45.3 Å². The second-order valence-corrected chi connectivity index (χ2v) is 10.6. The van der Waals surface area contributed by atoms with Crippen LogP contribution >= 0.6 is 0 Å². The largest absolute Gasteiger partial charge is 0.493 e. The van der Waals surface area contributed by atoms with Gasteiger partial charge < -0.3 is 14.4 Å². The molecule has 1 saturated heterocycles. The van der Waals surface area contributed by atoms with Crippen LogP contribution in [0.1, 0.15) is 77.0 Å². The summed E-state index contributed by atoms with van der Waals surface area (Å²) in [6.45, 7) is 7.72. The van der Waals surface area contributed by atoms with Crippen LogP contribution < -0.4 is 14.4 Å². The first-order valence-corrected chi connectivity index (χ1v) is 14.2. The minimum atomic E-state index is -0.386. The van der Waals surface area contributed by atoms with Crippen molar-refractivity contribution in [1.82, 2.24) is 9.80 Å². The zero-order valence-corrected chi connectivity index (χ0v) is 23.9. The molecule has 1 unspecified atom stereocenters. The lowest BCUT2D eigenvalue weighted by molar-refractivity contribution is 0.0572. The van der Waals surface area contributed by atoms with Gasteiger partial charge in [-0.2, -0.15) is 0 Å². The van der Waals surface area contributed by atoms with Gasteiger partial charge in [0.15, 0.2) is 11.5 Å². The number of piperazine rings is 1. The predicted octanol–water partition coefficient (Wildman–Crippen LogP) is 6.11. The zero-order valence-electron chi connectivity index (χ0n) is 23.9. The number of rotatable bonds is 10. The van der Waals surface area contributed by atoms with Crippen LogP contribution in [0.15, 0.2) is 66.7 Å². The lowest BCUT2D eigenvalue weighted by Gasteiger charge is -2.39. The number of amides is 2. The number of hydrogen-bond acceptors (Lipinski definition) is 6. The molecule has 0 bridgehead atoms. The van der Waals surface area contributed by atoms with E-state index in [1.807, 2.05) is 36.4 Å². The lowest BCUT2D eigenvalue weighted by Crippen LogP contribution is -2.47. The topological polar surface area (TPSA) is 62.3 Å². The van der Waals surface area contributed by atoms with E-state index in [1.54, 1.807) is 20.3 Å². The third kappa shape index (κ3) is 5.18. The van der Waals surface area contributed by atoms with Crippen LogP contribution in [0, 0.1) is 0 Å². The predicted molar refractivity (Wildman–Crippen MR) is 157 cm³/mol. The fourth-order valence-electron chi connectivity index (χ4n) is 6.03. The van der Waals surface area contributed by atoms with Gasteiger partial charge in [-0.05, 0) is 48.7 Å². The first-order valence-electron chi connectivity index (χ1n) is 14.2. The van der Waals surface area contributed by atoms with Gasteiger partial charge in [-0.3, -0.25) is 19.4 Å². The van der Waals surface area contributed by atoms with Crippen molar-refractivity contribution in [2.45, 2.75) is 45.2 Å². The van der Waals surface area contributed by atoms with Gasteiger partial charge in [-0.25, -0.2) is 0 Å². The van der Waals surface area contributed by atoms with Crippen LogP contribution in [0.4, 0.5) is 5.69 Å². The molecule has 0 aliphatic carbocycles. The molecule has 2 amide bonds. The molecule has 0 saturated carbocycles. The van der Waals surface area contributed by atoms with E-state index in [0.717, 1.165) is 50.3 Å². The molecular weight excluding hydrogens is 502 g/mol. The van der Waals surface area contributed by atoms with E-state index in [2.05, 4.69) is 47.9 Å². The summed E-state index contributed by atoms with van der Waals surface area (Å²) in [5, 5.41) is 0. The molecule has 2 aliphatic heterocycles. The molecule has 0 N–H and O–H groups in total. The standard InChI is InChI=1S/C33H39N3O4/c1-5-6-14-27(25-16-17-29(39-3)30(22-25)40-4)36-32(37)26-13-10-15-28(31(26)33(36)38)35-20-18-34(19-21-35)23(2)24-11-8-7-9-12-24/h7-13,15-17,22-23,27H,5-6,14,18-21H2,1-4H3/t23-,27?/m1/s1. The summed E-state index contributed by atoms with van der Waals surface area (Å²) in [5.41, 5.74) is 4.04. The SMILES string of the molecule is CCCCC(c1ccc(OC)c(OC)c1)N1C(=O)c2cccc(N3CCN([C@H](C)c4ccccc4)CC3)c2C1=O. The molecule has 40 heavy (non-hydrogen) atoms. The molecule has 210 valence electrons. The van der Waals surface area contributed by atoms with Gasteiger partial charge in [0.1, 0.15) is 0 Å². The summed E-state index contributed by atoms with van der Waals surface area (Å²) < 4.78 is 11.0. The van der Waals surface area contributed by atoms with Gasteiger partial charge in [0, 0.05) is 32.2 Å². The number of ether oxygens (including phenoxy) is 2. The van der Waals surface area contributed by atoms with Crippen LogP contribution in [0.25, 0.3) is 0 Å². The van der Waals surface area contributed by atoms with E-state index in [-0.39, 0.29) is 17.9 Å². The molecule has 0 aromatic heterocycles. The average molecular weight is 542 g/mol. The summed E-state index contributed by atoms with van der Waals surface area (Å²) in [4.78, 5) is 34.1. The number of nitrogens with zero attached hydrogens (tertiary/aromatic N) is 3. The average Bonchev–Trinajstić information content (AvgIpc) is 3.26. The summed E-state index contributed by atoms with van der Waals surface area (Å²) in [6.07, 6.45) is 2.54. The number of fused-ring (bicyclic) bond motifs is 1. The van der Waals surface area contributed by atoms with Crippen LogP contribution in [-0.2, 0) is 0 Å². The van der Waals surface area contributed by atoms with Gasteiger partial charge in [0.05, 0.1) is 37.1 Å². The first kappa shape index (κ1) is 27.7. The van der Waals surface area contributed by atoms with Gasteiger partial charge in [-0.1, -0.05) is 62.2 Å². The number of carbonyl (C=O) groups excluding carboxylic acids is 2. The van der Waals surface area contributed by atoms with Crippen molar-refractivity contribution in [3.05, 3.63) is 89.0 Å². The van der Waals surface area contributed by atoms with Crippen LogP contribution in [0.2, 0.25) is 0 Å². The Balaban J connectivity index is 1.40. The third-order valence-corrected chi connectivity index (χ3v) is 8.34. The summed E-state index contributed by atoms with van der Waals surface area (Å²) in [6, 6.07) is 21.8. The summed E-state index contributed by atoms with van der Waals surface area (Å²) >= 11 is 0. The van der Waals surface area contributed by atoms with Crippen molar-refractivity contribution in [2.24, 2.45) is 0 Å². The third-order valence-electron chi connectivity index (χ3n) is 8.34. The molecule has 7 nitrogen and oxygen atoms in total. The normalized spacial score (nSPS) is 17.1. The Morgan fingerprint density at radius 2 is 1.52 bits per heavy atom. The molecule has 2 heterocycles. The zero-order chi connectivity index (χ0) is 28.2. The molecule has 5 rings (SSSR count). The highest BCUT2D eigenvalue weighted by Gasteiger charge is 2.43. The minimum absolute atomic E-state index is 0.216. The Labute approximate surface area is 237 Å². The Bertz CT molecular complexity index is 1350. The number of unbranched alkanes of at least 4 members (excludes halogenated alkanes) is 1. The van der Waals surface area contributed by atoms with Crippen molar-refractivity contribution >= 4 is 17.5 Å². The number of anilines is 1. The minimum Gasteiger partial charge on any atom is -0.493 e. The molecule has 2 aliphatic rings. The highest BCUT2D eigenvalue weighted by Crippen LogP contribution is 2.41. The van der Waals surface area contributed by atoms with Crippen LogP contribution in [0.3, 0.4) is 0 Å². The quantitative estimate of drug-likeness (QED) is 0.289. The van der Waals surface area contributed by atoms with E-state index in [0.29, 0.717) is 35.1 Å². The Morgan fingerprint density at radius 1 is 0.800 bits per heavy atom. The number of methoxy groups -OCH3 is 2. The van der Waals surface area contributed by atoms with Gasteiger partial charge in [0.2, 0.25) is 0 Å². The Kier molecular flexibility index (Phi) is 8.40. The molecule has 2 atom stereocenters. The maximum Gasteiger partial charge on any atom is 0.264 e. The fourth-order valence-corrected chi connectivity index (χ4v) is 6.03. The maximum absolute atomic E-state index is 14.1. The van der Waals surface area contributed by atoms with Crippen molar-refractivity contribution < 1.29 is 19.1 Å². The fraction of sp³-hybridized carbons (Fsp3) is 0.394. The summed E-state index contributed by atoms with van der Waals surface area (Å²) in [5.74, 6) is 0.757. The van der Waals surface area contributed by atoms with E-state index >= 15 is 0 Å². The maximum atomic E-state index is 14.1. The smallest absolute Gasteiger partial charge is 0.264 e. The van der Waals surface area contributed by atoms with Gasteiger partial charge in [-0.15, -0.1) is 0 Å². The molecular formula is C33H39N3O4. The lowest BCUT2D eigenvalue weighted by atomic mass is 9.98. The van der Waals surface area contributed by atoms with Crippen molar-refractivity contribution in [3.8, 4) is 11.5 Å². The van der Waals surface area contributed by atoms with Crippen molar-refractivity contribution in [1.29, 1.82) is 0 Å². The highest BCUT2D eigenvalue weighted by atomic mass is 16.5. The molecule has 3 aromatic carbocycles. The van der Waals surface area contributed by atoms with Crippen molar-refractivity contribution in [3.63, 3.8) is 0 Å².